The van der Waals surface area contributed by atoms with E-state index >= 15 is 0 Å². The van der Waals surface area contributed by atoms with Gasteiger partial charge in [0.05, 0.1) is 24.5 Å². The minimum atomic E-state index is -1.19. The van der Waals surface area contributed by atoms with E-state index in [9.17, 15) is 4.55 Å². The summed E-state index contributed by atoms with van der Waals surface area (Å²) in [5.41, 5.74) is 0. The lowest BCUT2D eigenvalue weighted by molar-refractivity contribution is 0.327. The molecule has 2 unspecified atom stereocenters. The van der Waals surface area contributed by atoms with Crippen molar-refractivity contribution in [1.29, 1.82) is 0 Å². The molecule has 2 atom stereocenters. The van der Waals surface area contributed by atoms with Crippen molar-refractivity contribution in [3.05, 3.63) is 30.5 Å². The largest absolute Gasteiger partial charge is 0.593 e. The summed E-state index contributed by atoms with van der Waals surface area (Å²) in [5, 5.41) is 5.29. The number of pyridine rings is 1. The zero-order chi connectivity index (χ0) is 16.2. The van der Waals surface area contributed by atoms with Gasteiger partial charge in [0.2, 0.25) is 5.88 Å². The van der Waals surface area contributed by atoms with Crippen molar-refractivity contribution in [2.45, 2.75) is 30.7 Å². The molecule has 5 nitrogen and oxygen atoms in total. The van der Waals surface area contributed by atoms with Crippen LogP contribution in [0, 0.1) is 0 Å². The molecule has 1 N–H and O–H groups in total. The van der Waals surface area contributed by atoms with Gasteiger partial charge < -0.3 is 14.6 Å². The molecule has 0 amide bonds. The Kier molecular flexibility index (Phi) is 5.38. The molecule has 3 rings (SSSR count). The fraction of sp³-hybridized carbons (Fsp3) is 0.471. The van der Waals surface area contributed by atoms with Crippen LogP contribution >= 0.6 is 0 Å². The summed E-state index contributed by atoms with van der Waals surface area (Å²) >= 11 is -1.19. The maximum atomic E-state index is 13.3. The standard InChI is InChI=1S/C17H23N3O2S/c1-3-13-12-18-9-5-11-20(13)23(21)16-7-4-6-15-14(16)8-10-19-17(15)22-2/h4,6-8,10,13,18H,3,5,9,11-12H2,1-2H3. The van der Waals surface area contributed by atoms with E-state index in [1.165, 1.54) is 0 Å². The van der Waals surface area contributed by atoms with E-state index in [2.05, 4.69) is 21.5 Å². The molecule has 1 aliphatic heterocycles. The molecule has 1 fully saturated rings. The Hall–Kier alpha value is -1.34. The second-order valence-corrected chi connectivity index (χ2v) is 7.09. The maximum absolute atomic E-state index is 13.3. The van der Waals surface area contributed by atoms with E-state index in [1.54, 1.807) is 13.3 Å². The van der Waals surface area contributed by atoms with Gasteiger partial charge in [-0.05, 0) is 37.6 Å². The number of hydrogen-bond acceptors (Lipinski definition) is 5. The van der Waals surface area contributed by atoms with Gasteiger partial charge in [-0.25, -0.2) is 4.98 Å². The summed E-state index contributed by atoms with van der Waals surface area (Å²) in [5.74, 6) is 0.575. The summed E-state index contributed by atoms with van der Waals surface area (Å²) in [6.45, 7) is 4.87. The lowest BCUT2D eigenvalue weighted by Crippen LogP contribution is -2.43. The van der Waals surface area contributed by atoms with Crippen molar-refractivity contribution in [2.75, 3.05) is 26.7 Å². The third-order valence-electron chi connectivity index (χ3n) is 4.31. The normalized spacial score (nSPS) is 21.1. The quantitative estimate of drug-likeness (QED) is 0.870. The molecule has 6 heteroatoms. The molecule has 1 saturated heterocycles. The van der Waals surface area contributed by atoms with Gasteiger partial charge in [-0.2, -0.15) is 0 Å². The molecular weight excluding hydrogens is 310 g/mol. The van der Waals surface area contributed by atoms with E-state index in [-0.39, 0.29) is 6.04 Å². The van der Waals surface area contributed by atoms with Crippen molar-refractivity contribution in [3.8, 4) is 5.88 Å². The minimum Gasteiger partial charge on any atom is -0.593 e. The first-order valence-electron chi connectivity index (χ1n) is 8.07. The Bertz CT molecular complexity index is 667. The first kappa shape index (κ1) is 16.5. The van der Waals surface area contributed by atoms with Crippen LogP contribution in [0.1, 0.15) is 19.8 Å². The highest BCUT2D eigenvalue weighted by Gasteiger charge is 2.32. The Morgan fingerprint density at radius 3 is 3.04 bits per heavy atom. The molecule has 0 aliphatic carbocycles. The van der Waals surface area contributed by atoms with Gasteiger partial charge in [-0.1, -0.05) is 13.0 Å². The number of hydrogen-bond donors (Lipinski definition) is 1. The number of rotatable bonds is 4. The Labute approximate surface area is 140 Å². The fourth-order valence-corrected chi connectivity index (χ4v) is 4.68. The topological polar surface area (TPSA) is 60.5 Å². The maximum Gasteiger partial charge on any atom is 0.221 e. The van der Waals surface area contributed by atoms with E-state index in [4.69, 9.17) is 4.74 Å². The summed E-state index contributed by atoms with van der Waals surface area (Å²) in [6, 6.07) is 8.04. The molecular formula is C17H23N3O2S. The summed E-state index contributed by atoms with van der Waals surface area (Å²) in [4.78, 5) is 5.08. The van der Waals surface area contributed by atoms with Gasteiger partial charge in [0.1, 0.15) is 0 Å². The van der Waals surface area contributed by atoms with Gasteiger partial charge >= 0.3 is 0 Å². The van der Waals surface area contributed by atoms with E-state index in [0.29, 0.717) is 5.88 Å². The number of benzene rings is 1. The molecule has 0 saturated carbocycles. The number of fused-ring (bicyclic) bond motifs is 1. The van der Waals surface area contributed by atoms with Crippen LogP contribution in [0.25, 0.3) is 10.8 Å². The third-order valence-corrected chi connectivity index (χ3v) is 5.95. The zero-order valence-electron chi connectivity index (χ0n) is 13.6. The van der Waals surface area contributed by atoms with Crippen LogP contribution in [-0.4, -0.2) is 46.6 Å². The number of methoxy groups -OCH3 is 1. The van der Waals surface area contributed by atoms with Crippen molar-refractivity contribution < 1.29 is 9.29 Å². The van der Waals surface area contributed by atoms with Crippen LogP contribution < -0.4 is 10.1 Å². The van der Waals surface area contributed by atoms with E-state index < -0.39 is 11.4 Å². The molecule has 0 radical (unpaired) electrons. The van der Waals surface area contributed by atoms with Gasteiger partial charge in [-0.15, -0.1) is 4.31 Å². The van der Waals surface area contributed by atoms with Crippen molar-refractivity contribution in [3.63, 3.8) is 0 Å². The van der Waals surface area contributed by atoms with E-state index in [0.717, 1.165) is 48.1 Å². The highest BCUT2D eigenvalue weighted by molar-refractivity contribution is 7.89. The highest BCUT2D eigenvalue weighted by Crippen LogP contribution is 2.31. The lowest BCUT2D eigenvalue weighted by atomic mass is 10.2. The fourth-order valence-electron chi connectivity index (χ4n) is 3.07. The van der Waals surface area contributed by atoms with Crippen LogP contribution in [0.5, 0.6) is 5.88 Å². The van der Waals surface area contributed by atoms with Gasteiger partial charge in [0, 0.05) is 30.1 Å². The summed E-state index contributed by atoms with van der Waals surface area (Å²) in [6.07, 6.45) is 3.70. The molecule has 2 aromatic rings. The average Bonchev–Trinajstić information content (AvgIpc) is 2.85. The van der Waals surface area contributed by atoms with Crippen LogP contribution in [0.3, 0.4) is 0 Å². The Morgan fingerprint density at radius 1 is 1.39 bits per heavy atom. The number of nitrogens with one attached hydrogen (secondary N) is 1. The first-order chi connectivity index (χ1) is 11.3. The molecule has 1 aromatic carbocycles. The smallest absolute Gasteiger partial charge is 0.221 e. The summed E-state index contributed by atoms with van der Waals surface area (Å²) < 4.78 is 20.7. The molecule has 0 spiro atoms. The molecule has 1 aromatic heterocycles. The monoisotopic (exact) mass is 333 g/mol. The number of aromatic nitrogens is 1. The SMILES string of the molecule is CCC1CNCCCN1[S+]([O-])c1cccc2c(OC)nccc12. The van der Waals surface area contributed by atoms with Crippen molar-refractivity contribution in [2.24, 2.45) is 0 Å². The Morgan fingerprint density at radius 2 is 2.26 bits per heavy atom. The molecule has 0 bridgehead atoms. The second-order valence-electron chi connectivity index (χ2n) is 5.68. The van der Waals surface area contributed by atoms with Gasteiger partial charge in [0.15, 0.2) is 4.90 Å². The lowest BCUT2D eigenvalue weighted by Gasteiger charge is -2.29. The number of nitrogens with zero attached hydrogens (tertiary/aromatic N) is 2. The van der Waals surface area contributed by atoms with E-state index in [1.807, 2.05) is 24.3 Å². The van der Waals surface area contributed by atoms with Crippen LogP contribution in [0.4, 0.5) is 0 Å². The molecule has 23 heavy (non-hydrogen) atoms. The minimum absolute atomic E-state index is 0.289. The van der Waals surface area contributed by atoms with Crippen LogP contribution in [0.2, 0.25) is 0 Å². The van der Waals surface area contributed by atoms with Crippen LogP contribution in [0.15, 0.2) is 35.4 Å². The summed E-state index contributed by atoms with van der Waals surface area (Å²) in [7, 11) is 1.61. The van der Waals surface area contributed by atoms with Gasteiger partial charge in [-0.3, -0.25) is 0 Å². The second kappa shape index (κ2) is 7.49. The van der Waals surface area contributed by atoms with Crippen molar-refractivity contribution >= 4 is 22.1 Å². The number of ether oxygens (including phenoxy) is 1. The molecule has 1 aliphatic rings. The van der Waals surface area contributed by atoms with Crippen LogP contribution in [-0.2, 0) is 11.4 Å². The predicted molar refractivity (Wildman–Crippen MR) is 93.0 cm³/mol. The highest BCUT2D eigenvalue weighted by atomic mass is 32.2. The average molecular weight is 333 g/mol. The van der Waals surface area contributed by atoms with Crippen molar-refractivity contribution in [1.82, 2.24) is 14.6 Å². The molecule has 124 valence electrons. The third kappa shape index (κ3) is 3.30. The first-order valence-corrected chi connectivity index (χ1v) is 9.18. The predicted octanol–water partition coefficient (Wildman–Crippen LogP) is 2.34. The Balaban J connectivity index is 2.01. The zero-order valence-corrected chi connectivity index (χ0v) is 14.4. The van der Waals surface area contributed by atoms with Gasteiger partial charge in [0.25, 0.3) is 0 Å². The molecule has 2 heterocycles.